The van der Waals surface area contributed by atoms with Gasteiger partial charge in [-0.3, -0.25) is 9.79 Å². The molecule has 0 bridgehead atoms. The van der Waals surface area contributed by atoms with Crippen LogP contribution in [-0.4, -0.2) is 36.5 Å². The fraction of sp³-hybridized carbons (Fsp3) is 0.500. The molecule has 1 aromatic rings. The van der Waals surface area contributed by atoms with E-state index in [0.717, 1.165) is 49.8 Å². The van der Waals surface area contributed by atoms with Crippen LogP contribution in [0.1, 0.15) is 18.4 Å². The average Bonchev–Trinajstić information content (AvgIpc) is 3.02. The molecule has 1 aromatic carbocycles. The van der Waals surface area contributed by atoms with E-state index in [0.29, 0.717) is 0 Å². The largest absolute Gasteiger partial charge is 0.317 e. The molecule has 0 aromatic heterocycles. The molecule has 2 aliphatic heterocycles. The molecule has 4 nitrogen and oxygen atoms in total. The molecule has 1 fully saturated rings. The molecule has 0 spiro atoms. The molecular weight excluding hydrogens is 282 g/mol. The zero-order chi connectivity index (χ0) is 14.5. The molecule has 1 amide bonds. The van der Waals surface area contributed by atoms with Crippen molar-refractivity contribution in [2.24, 2.45) is 10.4 Å². The summed E-state index contributed by atoms with van der Waals surface area (Å²) in [5.74, 6) is 1.11. The summed E-state index contributed by atoms with van der Waals surface area (Å²) in [4.78, 5) is 17.2. The summed E-state index contributed by atoms with van der Waals surface area (Å²) in [7, 11) is 0. The molecule has 0 aliphatic carbocycles. The lowest BCUT2D eigenvalue weighted by Crippen LogP contribution is -2.49. The molecule has 5 heteroatoms. The molecule has 112 valence electrons. The van der Waals surface area contributed by atoms with E-state index < -0.39 is 0 Å². The van der Waals surface area contributed by atoms with Crippen molar-refractivity contribution in [3.8, 4) is 0 Å². The Bertz CT molecular complexity index is 524. The highest BCUT2D eigenvalue weighted by molar-refractivity contribution is 8.14. The molecule has 0 atom stereocenters. The standard InChI is InChI=1S/C16H21N3OS/c20-14(19-15-18-10-11-21-15)16(6-8-17-9-7-16)12-13-4-2-1-3-5-13/h1-5,17H,6-12H2,(H,18,19,20). The number of aliphatic imine (C=N–C) groups is 1. The van der Waals surface area contributed by atoms with Gasteiger partial charge in [-0.1, -0.05) is 42.1 Å². The van der Waals surface area contributed by atoms with E-state index in [2.05, 4.69) is 27.8 Å². The molecule has 0 saturated carbocycles. The molecule has 0 unspecified atom stereocenters. The number of thioether (sulfide) groups is 1. The Morgan fingerprint density at radius 2 is 2.05 bits per heavy atom. The Balaban J connectivity index is 1.77. The van der Waals surface area contributed by atoms with Crippen molar-refractivity contribution in [2.45, 2.75) is 19.3 Å². The van der Waals surface area contributed by atoms with E-state index >= 15 is 0 Å². The second-order valence-corrected chi connectivity index (χ2v) is 6.77. The van der Waals surface area contributed by atoms with Crippen LogP contribution in [0.5, 0.6) is 0 Å². The number of benzene rings is 1. The third-order valence-electron chi connectivity index (χ3n) is 4.23. The van der Waals surface area contributed by atoms with Gasteiger partial charge in [0.25, 0.3) is 0 Å². The number of carbonyl (C=O) groups is 1. The molecule has 21 heavy (non-hydrogen) atoms. The normalized spacial score (nSPS) is 20.9. The van der Waals surface area contributed by atoms with E-state index in [4.69, 9.17) is 0 Å². The molecule has 2 aliphatic rings. The smallest absolute Gasteiger partial charge is 0.232 e. The minimum atomic E-state index is -0.307. The van der Waals surface area contributed by atoms with Gasteiger partial charge in [-0.15, -0.1) is 0 Å². The van der Waals surface area contributed by atoms with Gasteiger partial charge in [-0.2, -0.15) is 0 Å². The van der Waals surface area contributed by atoms with Crippen molar-refractivity contribution in [3.63, 3.8) is 0 Å². The molecule has 1 saturated heterocycles. The van der Waals surface area contributed by atoms with E-state index in [1.807, 2.05) is 18.2 Å². The van der Waals surface area contributed by atoms with Gasteiger partial charge < -0.3 is 10.6 Å². The Hall–Kier alpha value is -1.33. The van der Waals surface area contributed by atoms with E-state index in [-0.39, 0.29) is 11.3 Å². The summed E-state index contributed by atoms with van der Waals surface area (Å²) in [6, 6.07) is 10.3. The SMILES string of the molecule is O=C(NC1=NCCS1)C1(Cc2ccccc2)CCNCC1. The Kier molecular flexibility index (Phi) is 4.60. The van der Waals surface area contributed by atoms with Gasteiger partial charge in [-0.25, -0.2) is 0 Å². The predicted octanol–water partition coefficient (Wildman–Crippen LogP) is 1.82. The van der Waals surface area contributed by atoms with Crippen molar-refractivity contribution in [2.75, 3.05) is 25.4 Å². The first-order valence-electron chi connectivity index (χ1n) is 7.52. The van der Waals surface area contributed by atoms with Crippen LogP contribution in [0.3, 0.4) is 0 Å². The predicted molar refractivity (Wildman–Crippen MR) is 87.6 cm³/mol. The van der Waals surface area contributed by atoms with Gasteiger partial charge in [0.15, 0.2) is 5.17 Å². The lowest BCUT2D eigenvalue weighted by atomic mass is 9.73. The third kappa shape index (κ3) is 3.47. The first kappa shape index (κ1) is 14.6. The zero-order valence-corrected chi connectivity index (χ0v) is 12.9. The second kappa shape index (κ2) is 6.62. The van der Waals surface area contributed by atoms with Gasteiger partial charge >= 0.3 is 0 Å². The molecule has 2 N–H and O–H groups in total. The maximum absolute atomic E-state index is 12.8. The summed E-state index contributed by atoms with van der Waals surface area (Å²) < 4.78 is 0. The van der Waals surface area contributed by atoms with E-state index in [1.54, 1.807) is 11.8 Å². The second-order valence-electron chi connectivity index (χ2n) is 5.68. The number of piperidine rings is 1. The number of nitrogens with zero attached hydrogens (tertiary/aromatic N) is 1. The average molecular weight is 303 g/mol. The van der Waals surface area contributed by atoms with Gasteiger partial charge in [0.2, 0.25) is 5.91 Å². The fourth-order valence-electron chi connectivity index (χ4n) is 3.02. The van der Waals surface area contributed by atoms with E-state index in [9.17, 15) is 4.79 Å². The van der Waals surface area contributed by atoms with Gasteiger partial charge in [-0.05, 0) is 37.9 Å². The Labute approximate surface area is 129 Å². The number of nitrogens with one attached hydrogen (secondary N) is 2. The quantitative estimate of drug-likeness (QED) is 0.895. The van der Waals surface area contributed by atoms with Gasteiger partial charge in [0.05, 0.1) is 12.0 Å². The molecule has 0 radical (unpaired) electrons. The monoisotopic (exact) mass is 303 g/mol. The summed E-state index contributed by atoms with van der Waals surface area (Å²) in [6.07, 6.45) is 2.57. The van der Waals surface area contributed by atoms with Crippen LogP contribution in [0.25, 0.3) is 0 Å². The van der Waals surface area contributed by atoms with Crippen LogP contribution < -0.4 is 10.6 Å². The van der Waals surface area contributed by atoms with Gasteiger partial charge in [0, 0.05) is 5.75 Å². The van der Waals surface area contributed by atoms with Crippen molar-refractivity contribution in [1.82, 2.24) is 10.6 Å². The first-order valence-corrected chi connectivity index (χ1v) is 8.50. The van der Waals surface area contributed by atoms with Crippen molar-refractivity contribution >= 4 is 22.8 Å². The van der Waals surface area contributed by atoms with Crippen LogP contribution in [0, 0.1) is 5.41 Å². The maximum Gasteiger partial charge on any atom is 0.232 e. The lowest BCUT2D eigenvalue weighted by Gasteiger charge is -2.36. The van der Waals surface area contributed by atoms with Crippen LogP contribution in [0.2, 0.25) is 0 Å². The number of amidine groups is 1. The van der Waals surface area contributed by atoms with Crippen molar-refractivity contribution < 1.29 is 4.79 Å². The Morgan fingerprint density at radius 1 is 1.29 bits per heavy atom. The molecule has 2 heterocycles. The van der Waals surface area contributed by atoms with Crippen LogP contribution in [0.15, 0.2) is 35.3 Å². The van der Waals surface area contributed by atoms with Crippen molar-refractivity contribution in [3.05, 3.63) is 35.9 Å². The maximum atomic E-state index is 12.8. The van der Waals surface area contributed by atoms with Crippen molar-refractivity contribution in [1.29, 1.82) is 0 Å². The van der Waals surface area contributed by atoms with Crippen LogP contribution in [-0.2, 0) is 11.2 Å². The highest BCUT2D eigenvalue weighted by Crippen LogP contribution is 2.33. The van der Waals surface area contributed by atoms with Crippen LogP contribution in [0.4, 0.5) is 0 Å². The third-order valence-corrected chi connectivity index (χ3v) is 5.12. The molecule has 3 rings (SSSR count). The summed E-state index contributed by atoms with van der Waals surface area (Å²) in [6.45, 7) is 2.62. The summed E-state index contributed by atoms with van der Waals surface area (Å²) >= 11 is 1.64. The number of hydrogen-bond acceptors (Lipinski definition) is 4. The minimum absolute atomic E-state index is 0.140. The lowest BCUT2D eigenvalue weighted by molar-refractivity contribution is -0.131. The zero-order valence-electron chi connectivity index (χ0n) is 12.1. The van der Waals surface area contributed by atoms with E-state index in [1.165, 1.54) is 5.56 Å². The highest BCUT2D eigenvalue weighted by atomic mass is 32.2. The number of hydrogen-bond donors (Lipinski definition) is 2. The summed E-state index contributed by atoms with van der Waals surface area (Å²) in [5, 5.41) is 7.21. The van der Waals surface area contributed by atoms with Crippen LogP contribution >= 0.6 is 11.8 Å². The topological polar surface area (TPSA) is 53.5 Å². The minimum Gasteiger partial charge on any atom is -0.317 e. The van der Waals surface area contributed by atoms with Gasteiger partial charge in [0.1, 0.15) is 0 Å². The first-order chi connectivity index (χ1) is 10.3. The number of rotatable bonds is 3. The highest BCUT2D eigenvalue weighted by Gasteiger charge is 2.40. The number of carbonyl (C=O) groups excluding carboxylic acids is 1. The number of amides is 1. The Morgan fingerprint density at radius 3 is 2.71 bits per heavy atom. The summed E-state index contributed by atoms with van der Waals surface area (Å²) in [5.41, 5.74) is 0.925. The molecular formula is C16H21N3OS. The fourth-order valence-corrected chi connectivity index (χ4v) is 3.74.